The zero-order valence-electron chi connectivity index (χ0n) is 16.4. The first-order valence-electron chi connectivity index (χ1n) is 9.53. The number of para-hydroxylation sites is 1. The first-order chi connectivity index (χ1) is 14.9. The Morgan fingerprint density at radius 3 is 2.55 bits per heavy atom. The van der Waals surface area contributed by atoms with E-state index in [1.807, 2.05) is 4.90 Å². The van der Waals surface area contributed by atoms with Crippen LogP contribution < -0.4 is 14.9 Å². The number of ether oxygens (including phenoxy) is 1. The van der Waals surface area contributed by atoms with Crippen molar-refractivity contribution in [2.75, 3.05) is 41.2 Å². The fourth-order valence-electron chi connectivity index (χ4n) is 3.22. The second-order valence-corrected chi connectivity index (χ2v) is 9.80. The van der Waals surface area contributed by atoms with E-state index in [1.165, 1.54) is 17.4 Å². The third-order valence-corrected chi connectivity index (χ3v) is 7.31. The van der Waals surface area contributed by atoms with E-state index in [0.717, 1.165) is 0 Å². The SMILES string of the molecule is O=C(Nc1ccc(N2CCOCC2)c(S(=O)(=O)Nc2ccccc2Cl)c1)c1cccs1. The maximum atomic E-state index is 13.3. The number of benzene rings is 2. The number of carbonyl (C=O) groups excluding carboxylic acids is 1. The van der Waals surface area contributed by atoms with Crippen LogP contribution in [0.15, 0.2) is 64.9 Å². The molecular weight excluding hydrogens is 458 g/mol. The van der Waals surface area contributed by atoms with E-state index in [-0.39, 0.29) is 16.5 Å². The molecule has 0 aliphatic carbocycles. The number of sulfonamides is 1. The van der Waals surface area contributed by atoms with E-state index in [2.05, 4.69) is 10.0 Å². The van der Waals surface area contributed by atoms with Crippen LogP contribution in [-0.4, -0.2) is 40.6 Å². The predicted molar refractivity (Wildman–Crippen MR) is 124 cm³/mol. The number of anilines is 3. The van der Waals surface area contributed by atoms with E-state index < -0.39 is 10.0 Å². The zero-order valence-corrected chi connectivity index (χ0v) is 18.8. The summed E-state index contributed by atoms with van der Waals surface area (Å²) < 4.78 is 34.6. The molecule has 0 bridgehead atoms. The summed E-state index contributed by atoms with van der Waals surface area (Å²) in [5.41, 5.74) is 1.21. The second-order valence-electron chi connectivity index (χ2n) is 6.80. The van der Waals surface area contributed by atoms with Crippen LogP contribution in [0, 0.1) is 0 Å². The molecule has 3 aromatic rings. The first kappa shape index (κ1) is 21.6. The summed E-state index contributed by atoms with van der Waals surface area (Å²) in [5, 5.41) is 4.87. The maximum absolute atomic E-state index is 13.3. The molecule has 0 unspecified atom stereocenters. The topological polar surface area (TPSA) is 87.7 Å². The monoisotopic (exact) mass is 477 g/mol. The number of nitrogens with one attached hydrogen (secondary N) is 2. The van der Waals surface area contributed by atoms with Crippen molar-refractivity contribution in [3.63, 3.8) is 0 Å². The van der Waals surface area contributed by atoms with Gasteiger partial charge in [0.05, 0.1) is 34.5 Å². The molecule has 0 saturated carbocycles. The highest BCUT2D eigenvalue weighted by atomic mass is 35.5. The van der Waals surface area contributed by atoms with Crippen LogP contribution in [0.4, 0.5) is 17.1 Å². The second kappa shape index (κ2) is 9.27. The Bertz CT molecular complexity index is 1180. The summed E-state index contributed by atoms with van der Waals surface area (Å²) in [6.07, 6.45) is 0. The summed E-state index contributed by atoms with van der Waals surface area (Å²) >= 11 is 7.46. The fraction of sp³-hybridized carbons (Fsp3) is 0.190. The number of hydrogen-bond acceptors (Lipinski definition) is 6. The van der Waals surface area contributed by atoms with Gasteiger partial charge in [0, 0.05) is 18.8 Å². The minimum atomic E-state index is -3.99. The van der Waals surface area contributed by atoms with Gasteiger partial charge in [0.25, 0.3) is 15.9 Å². The van der Waals surface area contributed by atoms with Gasteiger partial charge in [0.15, 0.2) is 0 Å². The summed E-state index contributed by atoms with van der Waals surface area (Å²) in [6.45, 7) is 2.15. The lowest BCUT2D eigenvalue weighted by molar-refractivity contribution is 0.103. The molecule has 0 atom stereocenters. The Balaban J connectivity index is 1.71. The Kier molecular flexibility index (Phi) is 6.47. The van der Waals surface area contributed by atoms with Gasteiger partial charge in [0.1, 0.15) is 4.90 Å². The molecule has 162 valence electrons. The summed E-state index contributed by atoms with van der Waals surface area (Å²) in [5.74, 6) is -0.295. The summed E-state index contributed by atoms with van der Waals surface area (Å²) in [4.78, 5) is 15.0. The third kappa shape index (κ3) is 5.01. The molecule has 2 N–H and O–H groups in total. The van der Waals surface area contributed by atoms with Crippen molar-refractivity contribution < 1.29 is 17.9 Å². The first-order valence-corrected chi connectivity index (χ1v) is 12.3. The molecule has 0 radical (unpaired) electrons. The van der Waals surface area contributed by atoms with E-state index >= 15 is 0 Å². The molecule has 1 aromatic heterocycles. The zero-order chi connectivity index (χ0) is 21.8. The highest BCUT2D eigenvalue weighted by molar-refractivity contribution is 7.93. The van der Waals surface area contributed by atoms with Gasteiger partial charge < -0.3 is 15.0 Å². The van der Waals surface area contributed by atoms with E-state index in [0.29, 0.717) is 47.6 Å². The van der Waals surface area contributed by atoms with Gasteiger partial charge in [-0.25, -0.2) is 8.42 Å². The van der Waals surface area contributed by atoms with Gasteiger partial charge in [-0.3, -0.25) is 9.52 Å². The van der Waals surface area contributed by atoms with Crippen molar-refractivity contribution in [3.05, 3.63) is 69.9 Å². The van der Waals surface area contributed by atoms with Crippen LogP contribution in [0.5, 0.6) is 0 Å². The van der Waals surface area contributed by atoms with Gasteiger partial charge in [-0.05, 0) is 41.8 Å². The average Bonchev–Trinajstić information content (AvgIpc) is 3.31. The lowest BCUT2D eigenvalue weighted by atomic mass is 10.2. The molecule has 1 aliphatic rings. The Hall–Kier alpha value is -2.59. The largest absolute Gasteiger partial charge is 0.378 e. The van der Waals surface area contributed by atoms with Crippen LogP contribution in [0.3, 0.4) is 0 Å². The van der Waals surface area contributed by atoms with Gasteiger partial charge in [-0.15, -0.1) is 11.3 Å². The number of carbonyl (C=O) groups is 1. The molecule has 0 spiro atoms. The number of halogens is 1. The van der Waals surface area contributed by atoms with Gasteiger partial charge in [-0.1, -0.05) is 29.8 Å². The van der Waals surface area contributed by atoms with Crippen LogP contribution >= 0.6 is 22.9 Å². The number of rotatable bonds is 6. The predicted octanol–water partition coefficient (Wildman–Crippen LogP) is 4.29. The smallest absolute Gasteiger partial charge is 0.265 e. The molecule has 1 amide bonds. The number of amides is 1. The molecule has 4 rings (SSSR count). The van der Waals surface area contributed by atoms with Crippen LogP contribution in [0.2, 0.25) is 5.02 Å². The van der Waals surface area contributed by atoms with Crippen LogP contribution in [0.25, 0.3) is 0 Å². The number of nitrogens with zero attached hydrogens (tertiary/aromatic N) is 1. The van der Waals surface area contributed by atoms with Crippen LogP contribution in [-0.2, 0) is 14.8 Å². The Morgan fingerprint density at radius 1 is 1.06 bits per heavy atom. The van der Waals surface area contributed by atoms with E-state index in [4.69, 9.17) is 16.3 Å². The summed E-state index contributed by atoms with van der Waals surface area (Å²) in [6, 6.07) is 15.0. The van der Waals surface area contributed by atoms with Crippen molar-refractivity contribution >= 4 is 55.9 Å². The average molecular weight is 478 g/mol. The van der Waals surface area contributed by atoms with Crippen molar-refractivity contribution in [3.8, 4) is 0 Å². The van der Waals surface area contributed by atoms with Gasteiger partial charge in [0.2, 0.25) is 0 Å². The highest BCUT2D eigenvalue weighted by Gasteiger charge is 2.25. The minimum Gasteiger partial charge on any atom is -0.378 e. The van der Waals surface area contributed by atoms with E-state index in [9.17, 15) is 13.2 Å². The standard InChI is InChI=1S/C21H20ClN3O4S2/c22-16-4-1-2-5-17(16)24-31(27,28)20-14-15(23-21(26)19-6-3-13-30-19)7-8-18(20)25-9-11-29-12-10-25/h1-8,13-14,24H,9-12H2,(H,23,26). The molecule has 10 heteroatoms. The molecule has 2 aromatic carbocycles. The number of morpholine rings is 1. The van der Waals surface area contributed by atoms with Crippen molar-refractivity contribution in [1.29, 1.82) is 0 Å². The van der Waals surface area contributed by atoms with Crippen LogP contribution in [0.1, 0.15) is 9.67 Å². The molecule has 1 aliphatic heterocycles. The molecule has 7 nitrogen and oxygen atoms in total. The fourth-order valence-corrected chi connectivity index (χ4v) is 5.41. The van der Waals surface area contributed by atoms with Crippen molar-refractivity contribution in [2.24, 2.45) is 0 Å². The lowest BCUT2D eigenvalue weighted by Crippen LogP contribution is -2.37. The van der Waals surface area contributed by atoms with Gasteiger partial charge >= 0.3 is 0 Å². The van der Waals surface area contributed by atoms with Crippen molar-refractivity contribution in [1.82, 2.24) is 0 Å². The molecule has 2 heterocycles. The normalized spacial score (nSPS) is 14.3. The highest BCUT2D eigenvalue weighted by Crippen LogP contribution is 2.32. The maximum Gasteiger partial charge on any atom is 0.265 e. The van der Waals surface area contributed by atoms with E-state index in [1.54, 1.807) is 53.9 Å². The Labute approximate surface area is 189 Å². The molecular formula is C21H20ClN3O4S2. The molecule has 1 fully saturated rings. The Morgan fingerprint density at radius 2 is 1.84 bits per heavy atom. The van der Waals surface area contributed by atoms with Crippen molar-refractivity contribution in [2.45, 2.75) is 4.90 Å². The third-order valence-electron chi connectivity index (χ3n) is 4.72. The van der Waals surface area contributed by atoms with Gasteiger partial charge in [-0.2, -0.15) is 0 Å². The quantitative estimate of drug-likeness (QED) is 0.553. The lowest BCUT2D eigenvalue weighted by Gasteiger charge is -2.30. The minimum absolute atomic E-state index is 0.0540. The molecule has 31 heavy (non-hydrogen) atoms. The molecule has 1 saturated heterocycles. The number of hydrogen-bond donors (Lipinski definition) is 2. The summed E-state index contributed by atoms with van der Waals surface area (Å²) in [7, 11) is -3.99. The number of thiophene rings is 1.